The molecule has 7 nitrogen and oxygen atoms in total. The van der Waals surface area contributed by atoms with Gasteiger partial charge < -0.3 is 19.5 Å². The van der Waals surface area contributed by atoms with E-state index in [1.807, 2.05) is 67.3 Å². The van der Waals surface area contributed by atoms with Crippen molar-refractivity contribution in [1.82, 2.24) is 15.1 Å². The number of aromatic hydroxyl groups is 1. The van der Waals surface area contributed by atoms with Gasteiger partial charge in [-0.15, -0.1) is 0 Å². The highest BCUT2D eigenvalue weighted by Gasteiger charge is 2.42. The topological polar surface area (TPSA) is 87.7 Å². The number of nitrogens with zero attached hydrogens (tertiary/aromatic N) is 2. The predicted molar refractivity (Wildman–Crippen MR) is 143 cm³/mol. The summed E-state index contributed by atoms with van der Waals surface area (Å²) in [6.45, 7) is 4.31. The van der Waals surface area contributed by atoms with Gasteiger partial charge >= 0.3 is 0 Å². The fraction of sp³-hybridized carbons (Fsp3) is 0.241. The molecule has 0 radical (unpaired) electrons. The molecule has 1 aliphatic heterocycles. The number of aromatic amines is 1. The Kier molecular flexibility index (Phi) is 6.56. The van der Waals surface area contributed by atoms with Crippen LogP contribution in [0.3, 0.4) is 0 Å². The molecule has 37 heavy (non-hydrogen) atoms. The number of H-pyrrole nitrogens is 1. The number of hydrogen-bond acceptors (Lipinski definition) is 5. The molecule has 0 fully saturated rings. The summed E-state index contributed by atoms with van der Waals surface area (Å²) >= 11 is 6.38. The van der Waals surface area contributed by atoms with Crippen LogP contribution >= 0.6 is 11.6 Å². The van der Waals surface area contributed by atoms with Gasteiger partial charge in [0.25, 0.3) is 5.91 Å². The highest BCUT2D eigenvalue weighted by molar-refractivity contribution is 6.30. The summed E-state index contributed by atoms with van der Waals surface area (Å²) in [6.07, 6.45) is 0.602. The molecule has 1 aliphatic rings. The second-order valence-corrected chi connectivity index (χ2v) is 9.67. The minimum absolute atomic E-state index is 0.132. The van der Waals surface area contributed by atoms with Gasteiger partial charge in [0.05, 0.1) is 20.3 Å². The first-order valence-corrected chi connectivity index (χ1v) is 12.4. The standard InChI is InChI=1S/C29H28ClN3O4/c1-16-12-17(2)24(21(34)13-16)26-25-27(32-31-26)29(35)33(28(25)19-6-5-7-20(30)15-19)11-10-18-8-9-22(36-3)23(14-18)37-4/h5-9,12-15,28,34H,10-11H2,1-4H3,(H,31,32). The van der Waals surface area contributed by atoms with Gasteiger partial charge in [-0.1, -0.05) is 35.9 Å². The molecule has 0 spiro atoms. The Morgan fingerprint density at radius 3 is 2.54 bits per heavy atom. The fourth-order valence-electron chi connectivity index (χ4n) is 5.18. The van der Waals surface area contributed by atoms with Crippen molar-refractivity contribution in [2.45, 2.75) is 26.3 Å². The number of phenolic OH excluding ortho intramolecular Hbond substituents is 1. The van der Waals surface area contributed by atoms with Gasteiger partial charge in [0.1, 0.15) is 17.1 Å². The maximum absolute atomic E-state index is 13.7. The van der Waals surface area contributed by atoms with Crippen molar-refractivity contribution in [3.8, 4) is 28.5 Å². The average molecular weight is 518 g/mol. The lowest BCUT2D eigenvalue weighted by molar-refractivity contribution is 0.0746. The second-order valence-electron chi connectivity index (χ2n) is 9.23. The number of halogens is 1. The summed E-state index contributed by atoms with van der Waals surface area (Å²) in [4.78, 5) is 15.5. The molecule has 2 heterocycles. The largest absolute Gasteiger partial charge is 0.507 e. The summed E-state index contributed by atoms with van der Waals surface area (Å²) in [5.41, 5.74) is 6.06. The summed E-state index contributed by atoms with van der Waals surface area (Å²) in [6, 6.07) is 16.6. The van der Waals surface area contributed by atoms with E-state index in [1.54, 1.807) is 20.3 Å². The van der Waals surface area contributed by atoms with Crippen LogP contribution in [0.2, 0.25) is 5.02 Å². The van der Waals surface area contributed by atoms with E-state index in [1.165, 1.54) is 0 Å². The van der Waals surface area contributed by atoms with Gasteiger partial charge in [-0.05, 0) is 72.9 Å². The van der Waals surface area contributed by atoms with Crippen LogP contribution in [-0.2, 0) is 6.42 Å². The lowest BCUT2D eigenvalue weighted by atomic mass is 9.93. The zero-order valence-corrected chi connectivity index (χ0v) is 21.9. The average Bonchev–Trinajstić information content (AvgIpc) is 3.40. The molecular formula is C29H28ClN3O4. The molecule has 1 aromatic heterocycles. The van der Waals surface area contributed by atoms with E-state index in [0.29, 0.717) is 46.4 Å². The van der Waals surface area contributed by atoms with E-state index in [9.17, 15) is 9.90 Å². The first-order chi connectivity index (χ1) is 17.8. The van der Waals surface area contributed by atoms with Crippen LogP contribution in [0.5, 0.6) is 17.2 Å². The number of phenols is 1. The van der Waals surface area contributed by atoms with Crippen LogP contribution in [-0.4, -0.2) is 46.9 Å². The Morgan fingerprint density at radius 1 is 1.05 bits per heavy atom. The number of aryl methyl sites for hydroxylation is 2. The molecule has 5 rings (SSSR count). The Hall–Kier alpha value is -3.97. The van der Waals surface area contributed by atoms with Crippen molar-refractivity contribution in [3.63, 3.8) is 0 Å². The van der Waals surface area contributed by atoms with E-state index < -0.39 is 6.04 Å². The van der Waals surface area contributed by atoms with Gasteiger partial charge in [0.2, 0.25) is 0 Å². The molecule has 2 N–H and O–H groups in total. The van der Waals surface area contributed by atoms with Crippen LogP contribution < -0.4 is 9.47 Å². The van der Waals surface area contributed by atoms with Crippen molar-refractivity contribution < 1.29 is 19.4 Å². The van der Waals surface area contributed by atoms with Gasteiger partial charge in [0, 0.05) is 22.7 Å². The summed E-state index contributed by atoms with van der Waals surface area (Å²) in [7, 11) is 3.20. The van der Waals surface area contributed by atoms with Crippen LogP contribution in [0.15, 0.2) is 54.6 Å². The van der Waals surface area contributed by atoms with E-state index in [2.05, 4.69) is 10.2 Å². The number of carbonyl (C=O) groups excluding carboxylic acids is 1. The molecule has 0 bridgehead atoms. The molecule has 8 heteroatoms. The molecule has 1 unspecified atom stereocenters. The highest BCUT2D eigenvalue weighted by atomic mass is 35.5. The number of aromatic nitrogens is 2. The normalized spacial score (nSPS) is 14.7. The van der Waals surface area contributed by atoms with Crippen LogP contribution in [0.25, 0.3) is 11.3 Å². The third-order valence-corrected chi connectivity index (χ3v) is 7.05. The Labute approximate surface area is 220 Å². The molecule has 0 saturated carbocycles. The summed E-state index contributed by atoms with van der Waals surface area (Å²) in [5, 5.41) is 18.9. The maximum Gasteiger partial charge on any atom is 0.273 e. The number of ether oxygens (including phenoxy) is 2. The minimum atomic E-state index is -0.421. The number of rotatable bonds is 7. The number of hydrogen-bond donors (Lipinski definition) is 2. The fourth-order valence-corrected chi connectivity index (χ4v) is 5.38. The third-order valence-electron chi connectivity index (χ3n) is 6.81. The van der Waals surface area contributed by atoms with Crippen molar-refractivity contribution >= 4 is 17.5 Å². The van der Waals surface area contributed by atoms with E-state index >= 15 is 0 Å². The van der Waals surface area contributed by atoms with Gasteiger partial charge in [-0.3, -0.25) is 9.89 Å². The maximum atomic E-state index is 13.7. The monoisotopic (exact) mass is 517 g/mol. The summed E-state index contributed by atoms with van der Waals surface area (Å²) < 4.78 is 10.8. The van der Waals surface area contributed by atoms with Crippen LogP contribution in [0.1, 0.15) is 44.3 Å². The third kappa shape index (κ3) is 4.40. The van der Waals surface area contributed by atoms with Crippen LogP contribution in [0, 0.1) is 13.8 Å². The second kappa shape index (κ2) is 9.82. The van der Waals surface area contributed by atoms with Crippen LogP contribution in [0.4, 0.5) is 0 Å². The van der Waals surface area contributed by atoms with E-state index in [-0.39, 0.29) is 11.7 Å². The smallest absolute Gasteiger partial charge is 0.273 e. The number of nitrogens with one attached hydrogen (secondary N) is 1. The van der Waals surface area contributed by atoms with Crippen molar-refractivity contribution in [1.29, 1.82) is 0 Å². The SMILES string of the molecule is COc1ccc(CCN2C(=O)c3[nH]nc(-c4c(C)cc(C)cc4O)c3C2c2cccc(Cl)c2)cc1OC. The first kappa shape index (κ1) is 24.7. The molecule has 0 saturated heterocycles. The van der Waals surface area contributed by atoms with Gasteiger partial charge in [-0.25, -0.2) is 0 Å². The van der Waals surface area contributed by atoms with Gasteiger partial charge in [0.15, 0.2) is 11.5 Å². The van der Waals surface area contributed by atoms with Gasteiger partial charge in [-0.2, -0.15) is 5.10 Å². The lowest BCUT2D eigenvalue weighted by Gasteiger charge is -2.27. The molecule has 190 valence electrons. The Balaban J connectivity index is 1.57. The van der Waals surface area contributed by atoms with Crippen molar-refractivity contribution in [3.05, 3.63) is 93.1 Å². The lowest BCUT2D eigenvalue weighted by Crippen LogP contribution is -2.31. The van der Waals surface area contributed by atoms with Crippen molar-refractivity contribution in [2.24, 2.45) is 0 Å². The molecule has 3 aromatic carbocycles. The van der Waals surface area contributed by atoms with E-state index in [4.69, 9.17) is 21.1 Å². The first-order valence-electron chi connectivity index (χ1n) is 12.0. The zero-order chi connectivity index (χ0) is 26.3. The molecule has 4 aromatic rings. The minimum Gasteiger partial charge on any atom is -0.507 e. The summed E-state index contributed by atoms with van der Waals surface area (Å²) in [5.74, 6) is 1.27. The predicted octanol–water partition coefficient (Wildman–Crippen LogP) is 5.86. The number of fused-ring (bicyclic) bond motifs is 1. The zero-order valence-electron chi connectivity index (χ0n) is 21.1. The molecule has 1 atom stereocenters. The molecule has 1 amide bonds. The number of benzene rings is 3. The quantitative estimate of drug-likeness (QED) is 0.321. The number of carbonyl (C=O) groups is 1. The molecular weight excluding hydrogens is 490 g/mol. The van der Waals surface area contributed by atoms with E-state index in [0.717, 1.165) is 27.8 Å². The van der Waals surface area contributed by atoms with Crippen molar-refractivity contribution in [2.75, 3.05) is 20.8 Å². The molecule has 0 aliphatic carbocycles. The number of amides is 1. The highest BCUT2D eigenvalue weighted by Crippen LogP contribution is 2.46. The Bertz CT molecular complexity index is 1470. The Morgan fingerprint density at radius 2 is 1.84 bits per heavy atom. The number of methoxy groups -OCH3 is 2.